The van der Waals surface area contributed by atoms with Crippen LogP contribution in [0.5, 0.6) is 0 Å². The number of hydrogen-bond acceptors (Lipinski definition) is 4. The van der Waals surface area contributed by atoms with Gasteiger partial charge in [0.05, 0.1) is 29.0 Å². The number of hydrogen-bond donors (Lipinski definition) is 2. The first kappa shape index (κ1) is 18.9. The van der Waals surface area contributed by atoms with Gasteiger partial charge in [-0.3, -0.25) is 0 Å². The number of nitrogens with zero attached hydrogens (tertiary/aromatic N) is 3. The van der Waals surface area contributed by atoms with Crippen LogP contribution in [0.4, 0.5) is 0 Å². The van der Waals surface area contributed by atoms with E-state index in [4.69, 9.17) is 11.0 Å². The number of nitrogens with two attached hydrogens (primary N) is 1. The molecule has 5 nitrogen and oxygen atoms in total. The summed E-state index contributed by atoms with van der Waals surface area (Å²) in [5.41, 5.74) is 12.9. The van der Waals surface area contributed by atoms with Crippen molar-refractivity contribution in [3.8, 4) is 17.2 Å². The van der Waals surface area contributed by atoms with E-state index in [-0.39, 0.29) is 0 Å². The van der Waals surface area contributed by atoms with E-state index < -0.39 is 0 Å². The van der Waals surface area contributed by atoms with E-state index in [1.54, 1.807) is 0 Å². The number of fused-ring (bicyclic) bond motifs is 1. The van der Waals surface area contributed by atoms with Crippen LogP contribution in [-0.4, -0.2) is 22.6 Å². The van der Waals surface area contributed by atoms with Gasteiger partial charge < -0.3 is 15.6 Å². The highest BCUT2D eigenvalue weighted by molar-refractivity contribution is 5.82. The molecule has 0 aliphatic carbocycles. The molecule has 0 saturated carbocycles. The summed E-state index contributed by atoms with van der Waals surface area (Å²) in [6, 6.07) is 24.8. The summed E-state index contributed by atoms with van der Waals surface area (Å²) >= 11 is 0. The molecule has 0 amide bonds. The van der Waals surface area contributed by atoms with Crippen LogP contribution in [0, 0.1) is 11.3 Å². The molecule has 0 saturated heterocycles. The third-order valence-corrected chi connectivity index (χ3v) is 4.97. The van der Waals surface area contributed by atoms with Gasteiger partial charge in [-0.15, -0.1) is 0 Å². The van der Waals surface area contributed by atoms with Gasteiger partial charge in [-0.25, -0.2) is 4.98 Å². The third kappa shape index (κ3) is 4.35. The Kier molecular flexibility index (Phi) is 5.66. The molecule has 0 fully saturated rings. The number of aromatic nitrogens is 2. The summed E-state index contributed by atoms with van der Waals surface area (Å²) in [7, 11) is 0. The summed E-state index contributed by atoms with van der Waals surface area (Å²) in [5.74, 6) is 0. The molecule has 144 valence electrons. The molecule has 0 radical (unpaired) electrons. The molecular weight excluding hydrogens is 358 g/mol. The topological polar surface area (TPSA) is 79.7 Å². The van der Waals surface area contributed by atoms with Crippen molar-refractivity contribution in [3.05, 3.63) is 89.7 Å². The Bertz CT molecular complexity index is 1150. The lowest BCUT2D eigenvalue weighted by molar-refractivity contribution is 0.695. The monoisotopic (exact) mass is 381 g/mol. The molecule has 5 heteroatoms. The highest BCUT2D eigenvalue weighted by atomic mass is 15.0. The zero-order valence-corrected chi connectivity index (χ0v) is 16.2. The van der Waals surface area contributed by atoms with Gasteiger partial charge in [-0.05, 0) is 46.5 Å². The quantitative estimate of drug-likeness (QED) is 0.479. The Hall–Kier alpha value is -3.46. The maximum Gasteiger partial charge on any atom is 0.0991 e. The Morgan fingerprint density at radius 1 is 0.966 bits per heavy atom. The van der Waals surface area contributed by atoms with Gasteiger partial charge in [0.1, 0.15) is 0 Å². The van der Waals surface area contributed by atoms with Crippen molar-refractivity contribution < 1.29 is 0 Å². The minimum Gasteiger partial charge on any atom is -0.329 e. The average Bonchev–Trinajstić information content (AvgIpc) is 3.16. The molecule has 0 bridgehead atoms. The van der Waals surface area contributed by atoms with Crippen molar-refractivity contribution in [2.45, 2.75) is 13.1 Å². The van der Waals surface area contributed by atoms with Gasteiger partial charge in [0.2, 0.25) is 0 Å². The zero-order chi connectivity index (χ0) is 20.1. The van der Waals surface area contributed by atoms with Gasteiger partial charge in [-0.1, -0.05) is 42.5 Å². The van der Waals surface area contributed by atoms with Crippen molar-refractivity contribution in [2.24, 2.45) is 5.73 Å². The van der Waals surface area contributed by atoms with Crippen molar-refractivity contribution in [3.63, 3.8) is 0 Å². The van der Waals surface area contributed by atoms with E-state index >= 15 is 0 Å². The number of imidazole rings is 1. The summed E-state index contributed by atoms with van der Waals surface area (Å²) in [6.45, 7) is 2.97. The summed E-state index contributed by atoms with van der Waals surface area (Å²) in [6.07, 6.45) is 1.86. The molecule has 29 heavy (non-hydrogen) atoms. The normalized spacial score (nSPS) is 10.9. The van der Waals surface area contributed by atoms with Gasteiger partial charge in [-0.2, -0.15) is 5.26 Å². The van der Waals surface area contributed by atoms with Gasteiger partial charge >= 0.3 is 0 Å². The largest absolute Gasteiger partial charge is 0.329 e. The lowest BCUT2D eigenvalue weighted by atomic mass is 10.0. The SMILES string of the molecule is N#Cc1cccc(Cn2cnc3ccc(-c4ccc(CNCCN)cc4)cc32)c1. The second kappa shape index (κ2) is 8.70. The maximum absolute atomic E-state index is 9.12. The molecule has 0 unspecified atom stereocenters. The minimum atomic E-state index is 0.645. The van der Waals surface area contributed by atoms with Crippen molar-refractivity contribution in [1.82, 2.24) is 14.9 Å². The Balaban J connectivity index is 1.59. The number of rotatable bonds is 7. The molecule has 4 aromatic rings. The molecule has 0 aliphatic rings. The van der Waals surface area contributed by atoms with Crippen LogP contribution >= 0.6 is 0 Å². The van der Waals surface area contributed by atoms with Crippen LogP contribution in [0.15, 0.2) is 73.1 Å². The molecule has 3 aromatic carbocycles. The number of nitriles is 1. The van der Waals surface area contributed by atoms with E-state index in [0.717, 1.165) is 35.2 Å². The molecule has 0 atom stereocenters. The molecule has 1 heterocycles. The molecular formula is C24H23N5. The molecule has 3 N–H and O–H groups in total. The Labute approximate surface area is 170 Å². The fraction of sp³-hybridized carbons (Fsp3) is 0.167. The molecule has 0 aliphatic heterocycles. The summed E-state index contributed by atoms with van der Waals surface area (Å²) in [5, 5.41) is 12.4. The van der Waals surface area contributed by atoms with E-state index in [2.05, 4.69) is 63.4 Å². The van der Waals surface area contributed by atoms with Gasteiger partial charge in [0.25, 0.3) is 0 Å². The molecule has 4 rings (SSSR count). The van der Waals surface area contributed by atoms with Gasteiger partial charge in [0, 0.05) is 26.2 Å². The lowest BCUT2D eigenvalue weighted by Gasteiger charge is -2.08. The van der Waals surface area contributed by atoms with E-state index in [9.17, 15) is 0 Å². The second-order valence-corrected chi connectivity index (χ2v) is 7.05. The van der Waals surface area contributed by atoms with Crippen LogP contribution in [0.2, 0.25) is 0 Å². The minimum absolute atomic E-state index is 0.645. The zero-order valence-electron chi connectivity index (χ0n) is 16.2. The standard InChI is InChI=1S/C24H23N5/c25-10-11-27-15-18-4-6-21(7-5-18)22-8-9-23-24(13-22)29(17-28-23)16-20-3-1-2-19(12-20)14-26/h1-9,12-13,17,27H,10-11,15-16,25H2. The second-order valence-electron chi connectivity index (χ2n) is 7.05. The van der Waals surface area contributed by atoms with Crippen LogP contribution < -0.4 is 11.1 Å². The summed E-state index contributed by atoms with van der Waals surface area (Å²) in [4.78, 5) is 4.53. The fourth-order valence-electron chi connectivity index (χ4n) is 3.45. The van der Waals surface area contributed by atoms with Gasteiger partial charge in [0.15, 0.2) is 0 Å². The van der Waals surface area contributed by atoms with Crippen LogP contribution in [0.1, 0.15) is 16.7 Å². The lowest BCUT2D eigenvalue weighted by Crippen LogP contribution is -2.21. The van der Waals surface area contributed by atoms with E-state index in [1.165, 1.54) is 11.1 Å². The van der Waals surface area contributed by atoms with E-state index in [1.807, 2.05) is 30.6 Å². The van der Waals surface area contributed by atoms with Crippen molar-refractivity contribution in [1.29, 1.82) is 5.26 Å². The molecule has 0 spiro atoms. The first-order valence-corrected chi connectivity index (χ1v) is 9.71. The van der Waals surface area contributed by atoms with Crippen molar-refractivity contribution >= 4 is 11.0 Å². The smallest absolute Gasteiger partial charge is 0.0991 e. The Morgan fingerprint density at radius 3 is 2.59 bits per heavy atom. The van der Waals surface area contributed by atoms with Crippen molar-refractivity contribution in [2.75, 3.05) is 13.1 Å². The first-order chi connectivity index (χ1) is 14.3. The Morgan fingerprint density at radius 2 is 1.79 bits per heavy atom. The van der Waals surface area contributed by atoms with E-state index in [0.29, 0.717) is 18.7 Å². The number of benzene rings is 3. The van der Waals surface area contributed by atoms with Crippen LogP contribution in [0.3, 0.4) is 0 Å². The van der Waals surface area contributed by atoms with Crippen LogP contribution in [0.25, 0.3) is 22.2 Å². The highest BCUT2D eigenvalue weighted by Gasteiger charge is 2.07. The third-order valence-electron chi connectivity index (χ3n) is 4.97. The van der Waals surface area contributed by atoms with Crippen LogP contribution in [-0.2, 0) is 13.1 Å². The predicted molar refractivity (Wildman–Crippen MR) is 116 cm³/mol. The highest BCUT2D eigenvalue weighted by Crippen LogP contribution is 2.25. The maximum atomic E-state index is 9.12. The fourth-order valence-corrected chi connectivity index (χ4v) is 3.45. The first-order valence-electron chi connectivity index (χ1n) is 9.71. The summed E-state index contributed by atoms with van der Waals surface area (Å²) < 4.78 is 2.13. The average molecular weight is 381 g/mol. The molecule has 1 aromatic heterocycles. The number of nitrogens with one attached hydrogen (secondary N) is 1. The predicted octanol–water partition coefficient (Wildman–Crippen LogP) is 3.67.